The van der Waals surface area contributed by atoms with Crippen LogP contribution in [-0.2, 0) is 0 Å². The van der Waals surface area contributed by atoms with Crippen LogP contribution in [0.2, 0.25) is 0 Å². The van der Waals surface area contributed by atoms with Gasteiger partial charge in [0.05, 0.1) is 17.3 Å². The molecule has 0 atom stereocenters. The minimum Gasteiger partial charge on any atom is -0.481 e. The van der Waals surface area contributed by atoms with Gasteiger partial charge < -0.3 is 10.1 Å². The SMILES string of the molecule is CCNc1nc(-c2cc(OC)ncn2)nc(C2CC2)c1Br. The van der Waals surface area contributed by atoms with Crippen LogP contribution in [0.25, 0.3) is 11.5 Å². The maximum Gasteiger partial charge on any atom is 0.216 e. The number of nitrogens with zero attached hydrogens (tertiary/aromatic N) is 4. The average molecular weight is 350 g/mol. The summed E-state index contributed by atoms with van der Waals surface area (Å²) in [5, 5.41) is 3.26. The predicted molar refractivity (Wildman–Crippen MR) is 83.4 cm³/mol. The van der Waals surface area contributed by atoms with E-state index < -0.39 is 0 Å². The van der Waals surface area contributed by atoms with Crippen molar-refractivity contribution < 1.29 is 4.74 Å². The fourth-order valence-corrected chi connectivity index (χ4v) is 2.71. The molecule has 21 heavy (non-hydrogen) atoms. The molecule has 1 aliphatic carbocycles. The van der Waals surface area contributed by atoms with Gasteiger partial charge in [-0.3, -0.25) is 0 Å². The van der Waals surface area contributed by atoms with Crippen LogP contribution in [0.5, 0.6) is 5.88 Å². The van der Waals surface area contributed by atoms with Gasteiger partial charge in [0.25, 0.3) is 0 Å². The Morgan fingerprint density at radius 3 is 2.81 bits per heavy atom. The van der Waals surface area contributed by atoms with Crippen molar-refractivity contribution in [3.8, 4) is 17.4 Å². The molecular formula is C14H16BrN5O. The molecule has 2 aromatic heterocycles. The maximum atomic E-state index is 5.14. The lowest BCUT2D eigenvalue weighted by molar-refractivity contribution is 0.397. The van der Waals surface area contributed by atoms with E-state index in [0.29, 0.717) is 23.3 Å². The highest BCUT2D eigenvalue weighted by molar-refractivity contribution is 9.10. The Morgan fingerprint density at radius 1 is 1.33 bits per heavy atom. The second-order valence-corrected chi connectivity index (χ2v) is 5.64. The number of nitrogens with one attached hydrogen (secondary N) is 1. The number of ether oxygens (including phenoxy) is 1. The topological polar surface area (TPSA) is 72.8 Å². The average Bonchev–Trinajstić information content (AvgIpc) is 3.34. The lowest BCUT2D eigenvalue weighted by atomic mass is 10.2. The van der Waals surface area contributed by atoms with E-state index in [1.165, 1.54) is 19.2 Å². The zero-order valence-electron chi connectivity index (χ0n) is 11.9. The Hall–Kier alpha value is -1.76. The highest BCUT2D eigenvalue weighted by Crippen LogP contribution is 2.44. The molecule has 2 heterocycles. The number of hydrogen-bond acceptors (Lipinski definition) is 6. The molecule has 3 rings (SSSR count). The number of hydrogen-bond donors (Lipinski definition) is 1. The van der Waals surface area contributed by atoms with Crippen LogP contribution in [0.15, 0.2) is 16.9 Å². The number of anilines is 1. The van der Waals surface area contributed by atoms with Crippen molar-refractivity contribution in [3.05, 3.63) is 22.6 Å². The first-order valence-corrected chi connectivity index (χ1v) is 7.70. The van der Waals surface area contributed by atoms with Gasteiger partial charge in [0.15, 0.2) is 5.82 Å². The lowest BCUT2D eigenvalue weighted by Crippen LogP contribution is -2.06. The van der Waals surface area contributed by atoms with Gasteiger partial charge in [-0.25, -0.2) is 19.9 Å². The van der Waals surface area contributed by atoms with E-state index in [1.54, 1.807) is 13.2 Å². The summed E-state index contributed by atoms with van der Waals surface area (Å²) in [7, 11) is 1.58. The number of aromatic nitrogens is 4. The number of rotatable bonds is 5. The summed E-state index contributed by atoms with van der Waals surface area (Å²) in [5.74, 6) is 2.42. The molecule has 0 aromatic carbocycles. The first kappa shape index (κ1) is 14.2. The summed E-state index contributed by atoms with van der Waals surface area (Å²) < 4.78 is 6.09. The molecule has 110 valence electrons. The zero-order valence-corrected chi connectivity index (χ0v) is 13.5. The van der Waals surface area contributed by atoms with E-state index in [9.17, 15) is 0 Å². The molecule has 1 N–H and O–H groups in total. The molecule has 1 aliphatic rings. The van der Waals surface area contributed by atoms with E-state index in [4.69, 9.17) is 4.74 Å². The van der Waals surface area contributed by atoms with Crippen LogP contribution in [0, 0.1) is 0 Å². The van der Waals surface area contributed by atoms with E-state index in [1.807, 2.05) is 6.92 Å². The first-order valence-electron chi connectivity index (χ1n) is 6.90. The summed E-state index contributed by atoms with van der Waals surface area (Å²) in [5.41, 5.74) is 1.71. The van der Waals surface area contributed by atoms with Crippen LogP contribution >= 0.6 is 15.9 Å². The summed E-state index contributed by atoms with van der Waals surface area (Å²) in [6, 6.07) is 1.75. The zero-order chi connectivity index (χ0) is 14.8. The quantitative estimate of drug-likeness (QED) is 0.894. The first-order chi connectivity index (χ1) is 10.2. The van der Waals surface area contributed by atoms with Gasteiger partial charge in [0, 0.05) is 18.5 Å². The number of halogens is 1. The van der Waals surface area contributed by atoms with Gasteiger partial charge in [-0.05, 0) is 35.7 Å². The van der Waals surface area contributed by atoms with Crippen LogP contribution in [0.3, 0.4) is 0 Å². The Bertz CT molecular complexity index is 660. The number of methoxy groups -OCH3 is 1. The van der Waals surface area contributed by atoms with Crippen LogP contribution in [0.1, 0.15) is 31.4 Å². The minimum atomic E-state index is 0.504. The molecular weight excluding hydrogens is 334 g/mol. The third-order valence-electron chi connectivity index (χ3n) is 3.27. The van der Waals surface area contributed by atoms with Gasteiger partial charge in [-0.1, -0.05) is 0 Å². The monoisotopic (exact) mass is 349 g/mol. The van der Waals surface area contributed by atoms with E-state index >= 15 is 0 Å². The molecule has 0 amide bonds. The van der Waals surface area contributed by atoms with Crippen LogP contribution in [0.4, 0.5) is 5.82 Å². The highest BCUT2D eigenvalue weighted by atomic mass is 79.9. The van der Waals surface area contributed by atoms with Gasteiger partial charge in [0.2, 0.25) is 5.88 Å². The van der Waals surface area contributed by atoms with E-state index in [0.717, 1.165) is 22.5 Å². The fourth-order valence-electron chi connectivity index (χ4n) is 2.06. The van der Waals surface area contributed by atoms with Crippen molar-refractivity contribution in [3.63, 3.8) is 0 Å². The highest BCUT2D eigenvalue weighted by Gasteiger charge is 2.29. The third kappa shape index (κ3) is 2.97. The molecule has 0 radical (unpaired) electrons. The molecule has 0 spiro atoms. The normalized spacial score (nSPS) is 14.0. The Kier molecular flexibility index (Phi) is 4.01. The molecule has 1 fully saturated rings. The summed E-state index contributed by atoms with van der Waals surface area (Å²) >= 11 is 3.61. The Morgan fingerprint density at radius 2 is 2.14 bits per heavy atom. The predicted octanol–water partition coefficient (Wildman–Crippen LogP) is 3.01. The van der Waals surface area contributed by atoms with Crippen LogP contribution in [-0.4, -0.2) is 33.6 Å². The molecule has 2 aromatic rings. The largest absolute Gasteiger partial charge is 0.481 e. The fraction of sp³-hybridized carbons (Fsp3) is 0.429. The van der Waals surface area contributed by atoms with E-state index in [-0.39, 0.29) is 0 Å². The van der Waals surface area contributed by atoms with Crippen molar-refractivity contribution in [2.75, 3.05) is 19.0 Å². The van der Waals surface area contributed by atoms with Crippen LogP contribution < -0.4 is 10.1 Å². The molecule has 0 saturated heterocycles. The van der Waals surface area contributed by atoms with Gasteiger partial charge in [-0.15, -0.1) is 0 Å². The molecule has 6 nitrogen and oxygen atoms in total. The van der Waals surface area contributed by atoms with Crippen molar-refractivity contribution >= 4 is 21.7 Å². The minimum absolute atomic E-state index is 0.504. The summed E-state index contributed by atoms with van der Waals surface area (Å²) in [6.45, 7) is 2.84. The summed E-state index contributed by atoms with van der Waals surface area (Å²) in [6.07, 6.45) is 3.81. The molecule has 0 unspecified atom stereocenters. The molecule has 1 saturated carbocycles. The van der Waals surface area contributed by atoms with Gasteiger partial charge in [-0.2, -0.15) is 0 Å². The molecule has 7 heteroatoms. The lowest BCUT2D eigenvalue weighted by Gasteiger charge is -2.11. The molecule has 0 aliphatic heterocycles. The Balaban J connectivity index is 2.08. The second-order valence-electron chi connectivity index (χ2n) is 4.85. The van der Waals surface area contributed by atoms with Crippen molar-refractivity contribution in [2.45, 2.75) is 25.7 Å². The smallest absolute Gasteiger partial charge is 0.216 e. The van der Waals surface area contributed by atoms with Gasteiger partial charge >= 0.3 is 0 Å². The Labute approximate surface area is 131 Å². The third-order valence-corrected chi connectivity index (χ3v) is 4.05. The molecule has 0 bridgehead atoms. The van der Waals surface area contributed by atoms with Crippen molar-refractivity contribution in [1.82, 2.24) is 19.9 Å². The standard InChI is InChI=1S/C14H16BrN5O/c1-3-16-14-11(15)12(8-4-5-8)19-13(20-14)9-6-10(21-2)18-7-17-9/h6-8H,3-5H2,1-2H3,(H,16,19,20). The van der Waals surface area contributed by atoms with Crippen molar-refractivity contribution in [1.29, 1.82) is 0 Å². The second kappa shape index (κ2) is 5.93. The van der Waals surface area contributed by atoms with E-state index in [2.05, 4.69) is 41.2 Å². The van der Waals surface area contributed by atoms with Crippen molar-refractivity contribution in [2.24, 2.45) is 0 Å². The van der Waals surface area contributed by atoms with Gasteiger partial charge in [0.1, 0.15) is 17.8 Å². The maximum absolute atomic E-state index is 5.14. The summed E-state index contributed by atoms with van der Waals surface area (Å²) in [4.78, 5) is 17.5.